The van der Waals surface area contributed by atoms with E-state index in [2.05, 4.69) is 41.4 Å². The summed E-state index contributed by atoms with van der Waals surface area (Å²) in [5.74, 6) is 0.0660. The minimum Gasteiger partial charge on any atom is -0.390 e. The van der Waals surface area contributed by atoms with Gasteiger partial charge in [-0.3, -0.25) is 4.99 Å². The molecule has 2 atom stereocenters. The second-order valence-corrected chi connectivity index (χ2v) is 7.46. The van der Waals surface area contributed by atoms with Crippen molar-refractivity contribution in [1.82, 2.24) is 0 Å². The number of aliphatic hydroxyl groups is 1. The molecule has 7 N–H and O–H groups in total. The molecule has 6 heteroatoms. The Labute approximate surface area is 190 Å². The quantitative estimate of drug-likeness (QED) is 0.178. The molecule has 0 aromatic heterocycles. The highest BCUT2D eigenvalue weighted by Crippen LogP contribution is 2.43. The molecule has 1 unspecified atom stereocenters. The van der Waals surface area contributed by atoms with Crippen LogP contribution in [0.3, 0.4) is 0 Å². The normalized spacial score (nSPS) is 13.0. The number of benzene rings is 3. The van der Waals surface area contributed by atoms with E-state index in [1.165, 1.54) is 0 Å². The molecule has 3 aromatic rings. The maximum Gasteiger partial charge on any atom is 0.185 e. The van der Waals surface area contributed by atoms with Gasteiger partial charge in [-0.05, 0) is 29.5 Å². The fourth-order valence-corrected chi connectivity index (χ4v) is 4.13. The summed E-state index contributed by atoms with van der Waals surface area (Å²) in [6.45, 7) is 0.484. The lowest BCUT2D eigenvalue weighted by molar-refractivity contribution is 0.0904. The monoisotopic (exact) mass is 438 g/mol. The van der Waals surface area contributed by atoms with Crippen molar-refractivity contribution in [2.45, 2.75) is 30.4 Å². The Kier molecular flexibility index (Phi) is 9.06. The third-order valence-corrected chi connectivity index (χ3v) is 5.53. The first-order chi connectivity index (χ1) is 14.6. The van der Waals surface area contributed by atoms with Gasteiger partial charge in [0, 0.05) is 12.6 Å². The molecule has 0 aliphatic rings. The van der Waals surface area contributed by atoms with Gasteiger partial charge in [0.25, 0.3) is 0 Å². The van der Waals surface area contributed by atoms with Crippen LogP contribution in [-0.4, -0.2) is 29.8 Å². The van der Waals surface area contributed by atoms with Crippen molar-refractivity contribution in [2.24, 2.45) is 22.2 Å². The predicted octanol–water partition coefficient (Wildman–Crippen LogP) is 3.18. The fraction of sp³-hybridized carbons (Fsp3) is 0.240. The molecule has 31 heavy (non-hydrogen) atoms. The molecule has 0 amide bonds. The van der Waals surface area contributed by atoms with Gasteiger partial charge in [0.1, 0.15) is 0 Å². The van der Waals surface area contributed by atoms with Crippen LogP contribution in [0.25, 0.3) is 0 Å². The van der Waals surface area contributed by atoms with Crippen LogP contribution in [0.15, 0.2) is 96.0 Å². The number of hydrogen-bond donors (Lipinski definition) is 4. The average Bonchev–Trinajstić information content (AvgIpc) is 2.79. The summed E-state index contributed by atoms with van der Waals surface area (Å²) >= 11 is 0. The molecule has 0 saturated carbocycles. The van der Waals surface area contributed by atoms with E-state index in [9.17, 15) is 5.11 Å². The molecule has 0 aliphatic carbocycles. The number of hydrogen-bond acceptors (Lipinski definition) is 3. The molecule has 0 aliphatic heterocycles. The van der Waals surface area contributed by atoms with Crippen LogP contribution in [0, 0.1) is 0 Å². The SMILES string of the molecule is Cl.NC(N)=NCCC[C@H](N)C(O)C(c1ccccc1)(c1ccccc1)c1ccccc1. The maximum absolute atomic E-state index is 11.8. The van der Waals surface area contributed by atoms with Gasteiger partial charge >= 0.3 is 0 Å². The third-order valence-electron chi connectivity index (χ3n) is 5.53. The van der Waals surface area contributed by atoms with Crippen molar-refractivity contribution in [3.63, 3.8) is 0 Å². The lowest BCUT2D eigenvalue weighted by Gasteiger charge is -2.42. The van der Waals surface area contributed by atoms with Crippen molar-refractivity contribution in [3.8, 4) is 0 Å². The second kappa shape index (κ2) is 11.5. The average molecular weight is 439 g/mol. The van der Waals surface area contributed by atoms with Crippen molar-refractivity contribution < 1.29 is 5.11 Å². The molecule has 0 saturated heterocycles. The van der Waals surface area contributed by atoms with Crippen LogP contribution in [0.1, 0.15) is 29.5 Å². The topological polar surface area (TPSA) is 111 Å². The lowest BCUT2D eigenvalue weighted by Crippen LogP contribution is -2.51. The smallest absolute Gasteiger partial charge is 0.185 e. The Bertz CT molecular complexity index is 835. The van der Waals surface area contributed by atoms with Crippen molar-refractivity contribution >= 4 is 18.4 Å². The number of halogens is 1. The summed E-state index contributed by atoms with van der Waals surface area (Å²) in [7, 11) is 0. The van der Waals surface area contributed by atoms with Gasteiger partial charge in [0.2, 0.25) is 0 Å². The van der Waals surface area contributed by atoms with Crippen LogP contribution in [0.5, 0.6) is 0 Å². The molecule has 0 bridgehead atoms. The zero-order chi connectivity index (χ0) is 21.4. The summed E-state index contributed by atoms with van der Waals surface area (Å²) in [6.07, 6.45) is 0.417. The van der Waals surface area contributed by atoms with Gasteiger partial charge in [0.05, 0.1) is 11.5 Å². The summed E-state index contributed by atoms with van der Waals surface area (Å²) in [6, 6.07) is 29.7. The van der Waals surface area contributed by atoms with E-state index in [0.29, 0.717) is 19.4 Å². The zero-order valence-corrected chi connectivity index (χ0v) is 18.3. The van der Waals surface area contributed by atoms with E-state index in [0.717, 1.165) is 16.7 Å². The summed E-state index contributed by atoms with van der Waals surface area (Å²) in [5, 5.41) is 11.8. The number of aliphatic imine (C=N–C) groups is 1. The van der Waals surface area contributed by atoms with Crippen molar-refractivity contribution in [2.75, 3.05) is 6.54 Å². The standard InChI is InChI=1S/C25H30N4O.ClH/c26-22(17-10-18-29-24(27)28)23(30)25(19-11-4-1-5-12-19,20-13-6-2-7-14-20)21-15-8-3-9-16-21;/h1-9,11-16,22-23,30H,10,17-18,26H2,(H4,27,28,29);1H/t22-,23?;/m0./s1. The molecule has 3 aromatic carbocycles. The predicted molar refractivity (Wildman–Crippen MR) is 130 cm³/mol. The third kappa shape index (κ3) is 5.44. The summed E-state index contributed by atoms with van der Waals surface area (Å²) in [4.78, 5) is 4.03. The lowest BCUT2D eigenvalue weighted by atomic mass is 9.64. The van der Waals surface area contributed by atoms with Crippen LogP contribution < -0.4 is 17.2 Å². The van der Waals surface area contributed by atoms with E-state index in [-0.39, 0.29) is 18.4 Å². The number of guanidine groups is 1. The van der Waals surface area contributed by atoms with E-state index in [1.807, 2.05) is 54.6 Å². The highest BCUT2D eigenvalue weighted by atomic mass is 35.5. The van der Waals surface area contributed by atoms with Gasteiger partial charge in [-0.15, -0.1) is 12.4 Å². The van der Waals surface area contributed by atoms with Crippen molar-refractivity contribution in [3.05, 3.63) is 108 Å². The molecule has 0 spiro atoms. The Morgan fingerprint density at radius 2 is 1.16 bits per heavy atom. The zero-order valence-electron chi connectivity index (χ0n) is 17.5. The highest BCUT2D eigenvalue weighted by molar-refractivity contribution is 5.85. The highest BCUT2D eigenvalue weighted by Gasteiger charge is 2.45. The number of aliphatic hydroxyl groups excluding tert-OH is 1. The number of rotatable bonds is 9. The summed E-state index contributed by atoms with van der Waals surface area (Å²) in [5.41, 5.74) is 19.6. The largest absolute Gasteiger partial charge is 0.390 e. The van der Waals surface area contributed by atoms with Gasteiger partial charge in [-0.1, -0.05) is 91.0 Å². The van der Waals surface area contributed by atoms with Crippen LogP contribution in [-0.2, 0) is 5.41 Å². The molecule has 3 rings (SSSR count). The first-order valence-electron chi connectivity index (χ1n) is 10.2. The number of nitrogens with zero attached hydrogens (tertiary/aromatic N) is 1. The van der Waals surface area contributed by atoms with Crippen molar-refractivity contribution in [1.29, 1.82) is 0 Å². The molecule has 5 nitrogen and oxygen atoms in total. The Balaban J connectivity index is 0.00000341. The Hall–Kier alpha value is -2.86. The van der Waals surface area contributed by atoms with Crippen LogP contribution >= 0.6 is 12.4 Å². The molecule has 164 valence electrons. The maximum atomic E-state index is 11.8. The second-order valence-electron chi connectivity index (χ2n) is 7.46. The minimum absolute atomic E-state index is 0. The van der Waals surface area contributed by atoms with Gasteiger partial charge < -0.3 is 22.3 Å². The van der Waals surface area contributed by atoms with Crippen LogP contribution in [0.2, 0.25) is 0 Å². The van der Waals surface area contributed by atoms with Gasteiger partial charge in [-0.2, -0.15) is 0 Å². The van der Waals surface area contributed by atoms with E-state index in [4.69, 9.17) is 17.2 Å². The van der Waals surface area contributed by atoms with Gasteiger partial charge in [0.15, 0.2) is 5.96 Å². The summed E-state index contributed by atoms with van der Waals surface area (Å²) < 4.78 is 0. The van der Waals surface area contributed by atoms with Crippen LogP contribution in [0.4, 0.5) is 0 Å². The molecular weight excluding hydrogens is 408 g/mol. The first-order valence-corrected chi connectivity index (χ1v) is 10.2. The molecule has 0 fully saturated rings. The molecule has 0 heterocycles. The fourth-order valence-electron chi connectivity index (χ4n) is 4.13. The van der Waals surface area contributed by atoms with E-state index >= 15 is 0 Å². The Morgan fingerprint density at radius 3 is 1.52 bits per heavy atom. The Morgan fingerprint density at radius 1 is 0.774 bits per heavy atom. The van der Waals surface area contributed by atoms with E-state index < -0.39 is 17.6 Å². The minimum atomic E-state index is -0.857. The number of nitrogens with two attached hydrogens (primary N) is 3. The van der Waals surface area contributed by atoms with E-state index in [1.54, 1.807) is 0 Å². The molecule has 0 radical (unpaired) electrons. The first kappa shape index (κ1) is 24.4. The van der Waals surface area contributed by atoms with Gasteiger partial charge in [-0.25, -0.2) is 0 Å². The molecular formula is C25H31ClN4O.